The summed E-state index contributed by atoms with van der Waals surface area (Å²) in [5, 5.41) is 0. The molecule has 2 saturated heterocycles. The van der Waals surface area contributed by atoms with Crippen molar-refractivity contribution in [2.75, 3.05) is 26.7 Å². The monoisotopic (exact) mass is 315 g/mol. The summed E-state index contributed by atoms with van der Waals surface area (Å²) in [5.41, 5.74) is 3.06. The number of carbonyl (C=O) groups excluding carboxylic acids is 1. The van der Waals surface area contributed by atoms with Crippen LogP contribution in [0.3, 0.4) is 0 Å². The molecule has 2 aliphatic rings. The van der Waals surface area contributed by atoms with Crippen molar-refractivity contribution in [1.29, 1.82) is 0 Å². The average molecular weight is 315 g/mol. The molecule has 4 nitrogen and oxygen atoms in total. The van der Waals surface area contributed by atoms with E-state index in [-0.39, 0.29) is 11.8 Å². The average Bonchev–Trinajstić information content (AvgIpc) is 2.88. The largest absolute Gasteiger partial charge is 0.338 e. The van der Waals surface area contributed by atoms with Crippen molar-refractivity contribution in [1.82, 2.24) is 14.8 Å². The van der Waals surface area contributed by atoms with Gasteiger partial charge in [0.15, 0.2) is 0 Å². The van der Waals surface area contributed by atoms with E-state index in [4.69, 9.17) is 0 Å². The molecule has 2 fully saturated rings. The van der Waals surface area contributed by atoms with Crippen LogP contribution in [0.2, 0.25) is 0 Å². The zero-order chi connectivity index (χ0) is 16.6. The molecule has 0 N–H and O–H groups in total. The number of nitrogens with zero attached hydrogens (tertiary/aromatic N) is 3. The predicted molar refractivity (Wildman–Crippen MR) is 92.8 cm³/mol. The van der Waals surface area contributed by atoms with Gasteiger partial charge >= 0.3 is 0 Å². The van der Waals surface area contributed by atoms with E-state index in [1.807, 2.05) is 24.0 Å². The number of piperidine rings is 1. The first-order chi connectivity index (χ1) is 10.9. The van der Waals surface area contributed by atoms with E-state index in [0.29, 0.717) is 5.54 Å². The number of aromatic nitrogens is 1. The Morgan fingerprint density at radius 2 is 1.87 bits per heavy atom. The Kier molecular flexibility index (Phi) is 4.45. The normalized spacial score (nSPS) is 21.3. The summed E-state index contributed by atoms with van der Waals surface area (Å²) in [6.45, 7) is 9.14. The second-order valence-corrected chi connectivity index (χ2v) is 7.58. The topological polar surface area (TPSA) is 36.4 Å². The molecule has 3 heterocycles. The third kappa shape index (κ3) is 3.01. The molecule has 1 aromatic rings. The fraction of sp³-hybridized carbons (Fsp3) is 0.684. The summed E-state index contributed by atoms with van der Waals surface area (Å²) < 4.78 is 0. The Labute approximate surface area is 139 Å². The van der Waals surface area contributed by atoms with E-state index in [1.165, 1.54) is 19.4 Å². The van der Waals surface area contributed by atoms with Gasteiger partial charge in [0.2, 0.25) is 0 Å². The van der Waals surface area contributed by atoms with Gasteiger partial charge in [-0.3, -0.25) is 9.78 Å². The molecule has 126 valence electrons. The number of aryl methyl sites for hydroxylation is 1. The lowest BCUT2D eigenvalue weighted by molar-refractivity contribution is 0.0491. The summed E-state index contributed by atoms with van der Waals surface area (Å²) in [6, 6.07) is 3.92. The number of amides is 1. The van der Waals surface area contributed by atoms with Crippen LogP contribution in [-0.2, 0) is 0 Å². The number of hydrogen-bond acceptors (Lipinski definition) is 3. The van der Waals surface area contributed by atoms with Crippen molar-refractivity contribution in [3.63, 3.8) is 0 Å². The van der Waals surface area contributed by atoms with E-state index in [1.54, 1.807) is 0 Å². The number of carbonyl (C=O) groups is 1. The Hall–Kier alpha value is -1.42. The van der Waals surface area contributed by atoms with E-state index >= 15 is 0 Å². The zero-order valence-electron chi connectivity index (χ0n) is 14.9. The first kappa shape index (κ1) is 16.4. The van der Waals surface area contributed by atoms with Gasteiger partial charge in [0, 0.05) is 24.3 Å². The van der Waals surface area contributed by atoms with Crippen molar-refractivity contribution < 1.29 is 4.79 Å². The van der Waals surface area contributed by atoms with Gasteiger partial charge in [0.25, 0.3) is 5.91 Å². The van der Waals surface area contributed by atoms with Crippen molar-refractivity contribution in [3.8, 4) is 0 Å². The molecule has 1 spiro atoms. The molecule has 0 unspecified atom stereocenters. The van der Waals surface area contributed by atoms with Crippen LogP contribution >= 0.6 is 0 Å². The van der Waals surface area contributed by atoms with Crippen molar-refractivity contribution in [2.24, 2.45) is 0 Å². The molecule has 2 aliphatic heterocycles. The lowest BCUT2D eigenvalue weighted by Gasteiger charge is -2.43. The van der Waals surface area contributed by atoms with Crippen molar-refractivity contribution in [2.45, 2.75) is 57.9 Å². The van der Waals surface area contributed by atoms with Crippen LogP contribution in [0.15, 0.2) is 12.1 Å². The van der Waals surface area contributed by atoms with E-state index < -0.39 is 0 Å². The number of likely N-dealkylation sites (tertiary alicyclic amines) is 2. The highest BCUT2D eigenvalue weighted by Gasteiger charge is 2.42. The third-order valence-corrected chi connectivity index (χ3v) is 5.77. The molecule has 3 rings (SSSR count). The second kappa shape index (κ2) is 6.23. The van der Waals surface area contributed by atoms with Gasteiger partial charge in [-0.25, -0.2) is 0 Å². The Morgan fingerprint density at radius 3 is 2.43 bits per heavy atom. The predicted octanol–water partition coefficient (Wildman–Crippen LogP) is 3.21. The van der Waals surface area contributed by atoms with Gasteiger partial charge in [0.05, 0.1) is 11.3 Å². The quantitative estimate of drug-likeness (QED) is 0.841. The van der Waals surface area contributed by atoms with Gasteiger partial charge in [0.1, 0.15) is 0 Å². The highest BCUT2D eigenvalue weighted by Crippen LogP contribution is 2.37. The summed E-state index contributed by atoms with van der Waals surface area (Å²) in [7, 11) is 2.24. The minimum absolute atomic E-state index is 0.164. The Morgan fingerprint density at radius 1 is 1.17 bits per heavy atom. The molecule has 1 aromatic heterocycles. The molecule has 0 bridgehead atoms. The molecule has 23 heavy (non-hydrogen) atoms. The van der Waals surface area contributed by atoms with Crippen LogP contribution in [0.4, 0.5) is 0 Å². The Bertz CT molecular complexity index is 588. The Balaban J connectivity index is 1.75. The molecular formula is C19H29N3O. The van der Waals surface area contributed by atoms with Crippen molar-refractivity contribution in [3.05, 3.63) is 29.1 Å². The highest BCUT2D eigenvalue weighted by atomic mass is 16.2. The molecule has 1 amide bonds. The minimum Gasteiger partial charge on any atom is -0.338 e. The smallest absolute Gasteiger partial charge is 0.255 e. The fourth-order valence-corrected chi connectivity index (χ4v) is 4.20. The van der Waals surface area contributed by atoms with Crippen LogP contribution < -0.4 is 0 Å². The highest BCUT2D eigenvalue weighted by molar-refractivity contribution is 5.95. The summed E-state index contributed by atoms with van der Waals surface area (Å²) >= 11 is 0. The van der Waals surface area contributed by atoms with Crippen LogP contribution in [0.1, 0.15) is 67.2 Å². The lowest BCUT2D eigenvalue weighted by Crippen LogP contribution is -2.52. The lowest BCUT2D eigenvalue weighted by atomic mass is 9.85. The summed E-state index contributed by atoms with van der Waals surface area (Å²) in [4.78, 5) is 22.2. The number of pyridine rings is 1. The van der Waals surface area contributed by atoms with Crippen LogP contribution in [0, 0.1) is 6.92 Å². The molecule has 0 radical (unpaired) electrons. The maximum absolute atomic E-state index is 13.0. The van der Waals surface area contributed by atoms with E-state index in [0.717, 1.165) is 42.9 Å². The molecule has 4 heteroatoms. The van der Waals surface area contributed by atoms with Gasteiger partial charge in [-0.1, -0.05) is 13.8 Å². The maximum atomic E-state index is 13.0. The summed E-state index contributed by atoms with van der Waals surface area (Å²) in [6.07, 6.45) is 4.79. The van der Waals surface area contributed by atoms with Gasteiger partial charge < -0.3 is 9.80 Å². The molecule has 0 atom stereocenters. The van der Waals surface area contributed by atoms with E-state index in [9.17, 15) is 4.79 Å². The molecule has 0 aliphatic carbocycles. The zero-order valence-corrected chi connectivity index (χ0v) is 14.9. The van der Waals surface area contributed by atoms with Gasteiger partial charge in [-0.15, -0.1) is 0 Å². The minimum atomic E-state index is 0.164. The van der Waals surface area contributed by atoms with Crippen LogP contribution in [0.25, 0.3) is 0 Å². The van der Waals surface area contributed by atoms with E-state index in [2.05, 4.69) is 30.8 Å². The fourth-order valence-electron chi connectivity index (χ4n) is 4.20. The first-order valence-electron chi connectivity index (χ1n) is 8.91. The summed E-state index contributed by atoms with van der Waals surface area (Å²) in [5.74, 6) is 0.433. The standard InChI is InChI=1S/C19H29N3O/c1-14(2)17-16(7-6-15(3)20-17)18(23)22-12-9-19(10-13-22)8-5-11-21(19)4/h6-7,14H,5,8-13H2,1-4H3. The van der Waals surface area contributed by atoms with Gasteiger partial charge in [-0.2, -0.15) is 0 Å². The van der Waals surface area contributed by atoms with Crippen molar-refractivity contribution >= 4 is 5.91 Å². The molecule has 0 saturated carbocycles. The maximum Gasteiger partial charge on any atom is 0.255 e. The molecular weight excluding hydrogens is 286 g/mol. The molecule has 0 aromatic carbocycles. The van der Waals surface area contributed by atoms with Crippen LogP contribution in [0.5, 0.6) is 0 Å². The van der Waals surface area contributed by atoms with Gasteiger partial charge in [-0.05, 0) is 64.3 Å². The number of hydrogen-bond donors (Lipinski definition) is 0. The second-order valence-electron chi connectivity index (χ2n) is 7.58. The SMILES string of the molecule is Cc1ccc(C(=O)N2CCC3(CCCN3C)CC2)c(C(C)C)n1. The third-order valence-electron chi connectivity index (χ3n) is 5.77. The first-order valence-corrected chi connectivity index (χ1v) is 8.91. The van der Waals surface area contributed by atoms with Crippen LogP contribution in [-0.4, -0.2) is 52.9 Å². The number of rotatable bonds is 2.